The van der Waals surface area contributed by atoms with Crippen LogP contribution >= 0.6 is 15.9 Å². The van der Waals surface area contributed by atoms with Crippen LogP contribution < -0.4 is 5.32 Å². The van der Waals surface area contributed by atoms with E-state index in [0.29, 0.717) is 23.3 Å². The molecule has 0 radical (unpaired) electrons. The predicted molar refractivity (Wildman–Crippen MR) is 111 cm³/mol. The van der Waals surface area contributed by atoms with Gasteiger partial charge in [0.1, 0.15) is 5.92 Å². The molecule has 6 nitrogen and oxygen atoms in total. The Morgan fingerprint density at radius 1 is 1.24 bits per heavy atom. The summed E-state index contributed by atoms with van der Waals surface area (Å²) in [4.78, 5) is 38.6. The first-order chi connectivity index (χ1) is 13.8. The molecular formula is C22H24BrNO5. The van der Waals surface area contributed by atoms with Crippen LogP contribution in [0.5, 0.6) is 0 Å². The fraction of sp³-hybridized carbons (Fsp3) is 0.409. The maximum atomic E-state index is 13.5. The molecule has 0 saturated carbocycles. The summed E-state index contributed by atoms with van der Waals surface area (Å²) in [7, 11) is 1.28. The molecule has 0 amide bonds. The van der Waals surface area contributed by atoms with Crippen LogP contribution in [0.1, 0.15) is 38.7 Å². The molecule has 1 aromatic carbocycles. The van der Waals surface area contributed by atoms with Gasteiger partial charge in [0.25, 0.3) is 0 Å². The van der Waals surface area contributed by atoms with E-state index >= 15 is 0 Å². The molecule has 0 saturated heterocycles. The first-order valence-corrected chi connectivity index (χ1v) is 10.3. The highest BCUT2D eigenvalue weighted by atomic mass is 79.9. The molecule has 1 aliphatic carbocycles. The number of Topliss-reactive ketones (excluding diaryl/α,β-unsaturated/α-hetero) is 1. The van der Waals surface area contributed by atoms with Gasteiger partial charge in [-0.2, -0.15) is 0 Å². The van der Waals surface area contributed by atoms with E-state index in [1.54, 1.807) is 6.92 Å². The number of hydrogen-bond acceptors (Lipinski definition) is 6. The molecule has 1 aromatic rings. The van der Waals surface area contributed by atoms with Crippen LogP contribution in [0.25, 0.3) is 0 Å². The zero-order chi connectivity index (χ0) is 21.3. The molecule has 0 unspecified atom stereocenters. The van der Waals surface area contributed by atoms with Crippen molar-refractivity contribution in [2.24, 2.45) is 11.8 Å². The molecule has 0 fully saturated rings. The Balaban J connectivity index is 2.18. The Morgan fingerprint density at radius 2 is 1.90 bits per heavy atom. The van der Waals surface area contributed by atoms with Crippen molar-refractivity contribution in [3.63, 3.8) is 0 Å². The van der Waals surface area contributed by atoms with Crippen LogP contribution in [-0.2, 0) is 23.9 Å². The average Bonchev–Trinajstić information content (AvgIpc) is 2.67. The van der Waals surface area contributed by atoms with E-state index in [4.69, 9.17) is 9.47 Å². The number of carbonyl (C=O) groups excluding carboxylic acids is 3. The molecule has 154 valence electrons. The van der Waals surface area contributed by atoms with Crippen molar-refractivity contribution in [1.29, 1.82) is 0 Å². The van der Waals surface area contributed by atoms with Crippen molar-refractivity contribution in [1.82, 2.24) is 5.32 Å². The first kappa shape index (κ1) is 21.3. The van der Waals surface area contributed by atoms with Crippen molar-refractivity contribution < 1.29 is 23.9 Å². The van der Waals surface area contributed by atoms with E-state index in [1.165, 1.54) is 7.11 Å². The summed E-state index contributed by atoms with van der Waals surface area (Å²) >= 11 is 3.42. The minimum Gasteiger partial charge on any atom is -0.468 e. The molecule has 3 atom stereocenters. The average molecular weight is 462 g/mol. The molecular weight excluding hydrogens is 438 g/mol. The van der Waals surface area contributed by atoms with Crippen LogP contribution in [0, 0.1) is 11.8 Å². The molecule has 3 rings (SSSR count). The fourth-order valence-corrected chi connectivity index (χ4v) is 4.41. The minimum atomic E-state index is -0.889. The highest BCUT2D eigenvalue weighted by Crippen LogP contribution is 2.45. The minimum absolute atomic E-state index is 0.205. The van der Waals surface area contributed by atoms with Gasteiger partial charge in [0.05, 0.1) is 19.3 Å². The van der Waals surface area contributed by atoms with Crippen LogP contribution in [0.4, 0.5) is 0 Å². The third kappa shape index (κ3) is 3.88. The monoisotopic (exact) mass is 461 g/mol. The number of hydrogen-bond donors (Lipinski definition) is 1. The van der Waals surface area contributed by atoms with Gasteiger partial charge in [-0.05, 0) is 43.9 Å². The third-order valence-corrected chi connectivity index (χ3v) is 5.97. The lowest BCUT2D eigenvalue weighted by Gasteiger charge is -2.38. The lowest BCUT2D eigenvalue weighted by molar-refractivity contribution is -0.151. The summed E-state index contributed by atoms with van der Waals surface area (Å²) in [6.45, 7) is 5.64. The molecule has 29 heavy (non-hydrogen) atoms. The number of methoxy groups -OCH3 is 1. The van der Waals surface area contributed by atoms with Crippen LogP contribution in [0.2, 0.25) is 0 Å². The summed E-state index contributed by atoms with van der Waals surface area (Å²) in [5.41, 5.74) is 3.03. The SMILES string of the molecule is CCOC(=O)C1=C(C)NC2=C(C(=O)[C@H](C(=O)OC)[C@@H](C)C2)[C@@H]1c1ccc(Br)cc1. The van der Waals surface area contributed by atoms with Gasteiger partial charge < -0.3 is 14.8 Å². The quantitative estimate of drug-likeness (QED) is 0.544. The van der Waals surface area contributed by atoms with E-state index in [9.17, 15) is 14.4 Å². The lowest BCUT2D eigenvalue weighted by Crippen LogP contribution is -2.43. The van der Waals surface area contributed by atoms with E-state index in [0.717, 1.165) is 15.7 Å². The second kappa shape index (κ2) is 8.53. The van der Waals surface area contributed by atoms with Crippen molar-refractivity contribution >= 4 is 33.7 Å². The topological polar surface area (TPSA) is 81.7 Å². The summed E-state index contributed by atoms with van der Waals surface area (Å²) < 4.78 is 11.1. The number of ketones is 1. The maximum absolute atomic E-state index is 13.5. The van der Waals surface area contributed by atoms with Gasteiger partial charge in [-0.15, -0.1) is 0 Å². The first-order valence-electron chi connectivity index (χ1n) is 9.55. The van der Waals surface area contributed by atoms with Crippen molar-refractivity contribution in [3.8, 4) is 0 Å². The number of esters is 2. The van der Waals surface area contributed by atoms with Gasteiger partial charge in [0, 0.05) is 27.4 Å². The number of allylic oxidation sites excluding steroid dienone is 3. The fourth-order valence-electron chi connectivity index (χ4n) is 4.15. The van der Waals surface area contributed by atoms with Gasteiger partial charge in [-0.3, -0.25) is 9.59 Å². The zero-order valence-electron chi connectivity index (χ0n) is 16.9. The molecule has 1 aliphatic heterocycles. The van der Waals surface area contributed by atoms with Crippen molar-refractivity contribution in [3.05, 3.63) is 56.8 Å². The van der Waals surface area contributed by atoms with E-state index in [-0.39, 0.29) is 18.3 Å². The van der Waals surface area contributed by atoms with E-state index in [2.05, 4.69) is 21.2 Å². The van der Waals surface area contributed by atoms with Gasteiger partial charge in [0.15, 0.2) is 5.78 Å². The molecule has 1 heterocycles. The highest BCUT2D eigenvalue weighted by molar-refractivity contribution is 9.10. The smallest absolute Gasteiger partial charge is 0.336 e. The molecule has 0 aromatic heterocycles. The Bertz CT molecular complexity index is 916. The molecule has 7 heteroatoms. The van der Waals surface area contributed by atoms with Crippen LogP contribution in [-0.4, -0.2) is 31.4 Å². The predicted octanol–water partition coefficient (Wildman–Crippen LogP) is 3.63. The lowest BCUT2D eigenvalue weighted by atomic mass is 9.69. The van der Waals surface area contributed by atoms with Gasteiger partial charge >= 0.3 is 11.9 Å². The number of ether oxygens (including phenoxy) is 2. The van der Waals surface area contributed by atoms with Gasteiger partial charge in [-0.25, -0.2) is 4.79 Å². The number of carbonyl (C=O) groups is 3. The second-order valence-corrected chi connectivity index (χ2v) is 8.22. The van der Waals surface area contributed by atoms with E-state index < -0.39 is 23.8 Å². The maximum Gasteiger partial charge on any atom is 0.336 e. The largest absolute Gasteiger partial charge is 0.468 e. The van der Waals surface area contributed by atoms with Crippen LogP contribution in [0.15, 0.2) is 51.3 Å². The standard InChI is InChI=1S/C22H24BrNO5/c1-5-29-22(27)17-12(3)24-15-10-11(2)16(21(26)28-4)20(25)19(15)18(17)13-6-8-14(23)9-7-13/h6-9,11,16,18,24H,5,10H2,1-4H3/t11-,16+,18+/m0/s1. The number of halogens is 1. The van der Waals surface area contributed by atoms with Crippen molar-refractivity contribution in [2.75, 3.05) is 13.7 Å². The zero-order valence-corrected chi connectivity index (χ0v) is 18.5. The summed E-state index contributed by atoms with van der Waals surface area (Å²) in [6.07, 6.45) is 0.515. The number of nitrogens with one attached hydrogen (secondary N) is 1. The van der Waals surface area contributed by atoms with E-state index in [1.807, 2.05) is 38.1 Å². The summed E-state index contributed by atoms with van der Waals surface area (Å²) in [5, 5.41) is 3.23. The van der Waals surface area contributed by atoms with Gasteiger partial charge in [-0.1, -0.05) is 35.0 Å². The van der Waals surface area contributed by atoms with Crippen molar-refractivity contribution in [2.45, 2.75) is 33.1 Å². The highest BCUT2D eigenvalue weighted by Gasteiger charge is 2.47. The summed E-state index contributed by atoms with van der Waals surface area (Å²) in [5.74, 6) is -3.03. The third-order valence-electron chi connectivity index (χ3n) is 5.44. The van der Waals surface area contributed by atoms with Crippen LogP contribution in [0.3, 0.4) is 0 Å². The Kier molecular flexibility index (Phi) is 6.27. The Hall–Kier alpha value is -2.41. The summed E-state index contributed by atoms with van der Waals surface area (Å²) in [6, 6.07) is 7.47. The Morgan fingerprint density at radius 3 is 2.48 bits per heavy atom. The second-order valence-electron chi connectivity index (χ2n) is 7.31. The number of rotatable bonds is 4. The molecule has 0 spiro atoms. The number of benzene rings is 1. The normalized spacial score (nSPS) is 24.0. The molecule has 0 bridgehead atoms. The molecule has 2 aliphatic rings. The molecule has 1 N–H and O–H groups in total. The number of dihydropyridines is 1. The Labute approximate surface area is 178 Å². The van der Waals surface area contributed by atoms with Gasteiger partial charge in [0.2, 0.25) is 0 Å².